The first-order chi connectivity index (χ1) is 11.2. The summed E-state index contributed by atoms with van der Waals surface area (Å²) < 4.78 is 26.8. The normalized spacial score (nSPS) is 19.2. The van der Waals surface area contributed by atoms with Crippen LogP contribution in [0.5, 0.6) is 0 Å². The van der Waals surface area contributed by atoms with Gasteiger partial charge in [-0.25, -0.2) is 4.79 Å². The number of carboxylic acid groups (broad SMARTS) is 1. The van der Waals surface area contributed by atoms with Gasteiger partial charge in [-0.15, -0.1) is 0 Å². The first-order valence-electron chi connectivity index (χ1n) is 7.53. The van der Waals surface area contributed by atoms with E-state index in [2.05, 4.69) is 5.32 Å². The van der Waals surface area contributed by atoms with Crippen LogP contribution in [0.1, 0.15) is 23.2 Å². The topological polar surface area (TPSA) is 107 Å². The van der Waals surface area contributed by atoms with Crippen LogP contribution < -0.4 is 5.32 Å². The van der Waals surface area contributed by atoms with Gasteiger partial charge < -0.3 is 10.4 Å². The zero-order valence-electron chi connectivity index (χ0n) is 13.6. The monoisotopic (exact) mass is 355 g/mol. The van der Waals surface area contributed by atoms with Gasteiger partial charge in [0.1, 0.15) is 0 Å². The van der Waals surface area contributed by atoms with Gasteiger partial charge in [-0.05, 0) is 37.1 Å². The van der Waals surface area contributed by atoms with Crippen molar-refractivity contribution in [2.75, 3.05) is 32.5 Å². The van der Waals surface area contributed by atoms with Crippen molar-refractivity contribution in [1.29, 1.82) is 0 Å². The Labute approximate surface area is 141 Å². The highest BCUT2D eigenvalue weighted by molar-refractivity contribution is 7.86. The second kappa shape index (κ2) is 7.29. The minimum Gasteiger partial charge on any atom is -0.478 e. The second-order valence-electron chi connectivity index (χ2n) is 5.86. The molecule has 0 spiro atoms. The Hall–Kier alpha value is -1.97. The molecule has 1 aromatic rings. The number of hydrogen-bond acceptors (Lipinski definition) is 4. The maximum absolute atomic E-state index is 12.4. The van der Waals surface area contributed by atoms with E-state index in [4.69, 9.17) is 5.11 Å². The number of aromatic carboxylic acids is 1. The van der Waals surface area contributed by atoms with E-state index in [-0.39, 0.29) is 18.0 Å². The number of piperidine rings is 1. The molecule has 0 unspecified atom stereocenters. The molecule has 24 heavy (non-hydrogen) atoms. The van der Waals surface area contributed by atoms with Gasteiger partial charge in [-0.3, -0.25) is 4.79 Å². The summed E-state index contributed by atoms with van der Waals surface area (Å²) in [6.07, 6.45) is 1.22. The second-order valence-corrected chi connectivity index (χ2v) is 8.00. The number of nitrogens with zero attached hydrogens (tertiary/aromatic N) is 2. The fourth-order valence-electron chi connectivity index (χ4n) is 2.54. The lowest BCUT2D eigenvalue weighted by Gasteiger charge is -2.32. The Morgan fingerprint density at radius 3 is 2.42 bits per heavy atom. The van der Waals surface area contributed by atoms with Crippen molar-refractivity contribution in [3.05, 3.63) is 29.8 Å². The first kappa shape index (κ1) is 18.4. The predicted molar refractivity (Wildman–Crippen MR) is 88.9 cm³/mol. The molecule has 1 fully saturated rings. The average molecular weight is 355 g/mol. The van der Waals surface area contributed by atoms with Crippen molar-refractivity contribution in [2.24, 2.45) is 5.92 Å². The number of hydrogen-bond donors (Lipinski definition) is 2. The van der Waals surface area contributed by atoms with Crippen molar-refractivity contribution in [3.63, 3.8) is 0 Å². The lowest BCUT2D eigenvalue weighted by atomic mass is 9.98. The number of carboxylic acids is 1. The van der Waals surface area contributed by atoms with Crippen LogP contribution in [0.3, 0.4) is 0 Å². The van der Waals surface area contributed by atoms with E-state index in [1.54, 1.807) is 0 Å². The van der Waals surface area contributed by atoms with Gasteiger partial charge in [0.15, 0.2) is 0 Å². The van der Waals surface area contributed by atoms with Crippen LogP contribution in [0.15, 0.2) is 24.3 Å². The molecule has 132 valence electrons. The summed E-state index contributed by atoms with van der Waals surface area (Å²) in [6, 6.07) is 5.83. The molecule has 0 aliphatic carbocycles. The fraction of sp³-hybridized carbons (Fsp3) is 0.467. The molecule has 2 N–H and O–H groups in total. The number of rotatable bonds is 5. The molecular weight excluding hydrogens is 334 g/mol. The summed E-state index contributed by atoms with van der Waals surface area (Å²) in [6.45, 7) is 0.539. The van der Waals surface area contributed by atoms with Gasteiger partial charge in [0.25, 0.3) is 10.2 Å². The Kier molecular flexibility index (Phi) is 5.58. The lowest BCUT2D eigenvalue weighted by Crippen LogP contribution is -2.47. The third-order valence-electron chi connectivity index (χ3n) is 3.94. The minimum absolute atomic E-state index is 0.133. The molecule has 1 aliphatic rings. The van der Waals surface area contributed by atoms with Crippen LogP contribution in [-0.4, -0.2) is 61.2 Å². The Morgan fingerprint density at radius 2 is 1.88 bits per heavy atom. The summed E-state index contributed by atoms with van der Waals surface area (Å²) in [5.74, 6) is -1.74. The van der Waals surface area contributed by atoms with Crippen molar-refractivity contribution in [1.82, 2.24) is 8.61 Å². The van der Waals surface area contributed by atoms with Crippen molar-refractivity contribution >= 4 is 27.8 Å². The SMILES string of the molecule is CN(C)S(=O)(=O)N1CCC[C@@H](C(=O)Nc2ccc(C(=O)O)cc2)C1. The van der Waals surface area contributed by atoms with Gasteiger partial charge in [0.05, 0.1) is 11.5 Å². The summed E-state index contributed by atoms with van der Waals surface area (Å²) in [7, 11) is -0.610. The van der Waals surface area contributed by atoms with E-state index in [0.717, 1.165) is 4.31 Å². The molecule has 0 bridgehead atoms. The molecule has 1 heterocycles. The average Bonchev–Trinajstić information content (AvgIpc) is 2.55. The highest BCUT2D eigenvalue weighted by Crippen LogP contribution is 2.22. The van der Waals surface area contributed by atoms with E-state index in [1.165, 1.54) is 42.7 Å². The Balaban J connectivity index is 2.03. The smallest absolute Gasteiger partial charge is 0.335 e. The van der Waals surface area contributed by atoms with E-state index in [9.17, 15) is 18.0 Å². The van der Waals surface area contributed by atoms with Crippen molar-refractivity contribution in [3.8, 4) is 0 Å². The molecule has 1 amide bonds. The molecular formula is C15H21N3O5S. The largest absolute Gasteiger partial charge is 0.478 e. The zero-order valence-corrected chi connectivity index (χ0v) is 14.4. The molecule has 0 saturated carbocycles. The summed E-state index contributed by atoms with van der Waals surface area (Å²) in [5.41, 5.74) is 0.617. The van der Waals surface area contributed by atoms with Gasteiger partial charge in [-0.2, -0.15) is 17.0 Å². The summed E-state index contributed by atoms with van der Waals surface area (Å²) in [5, 5.41) is 11.6. The van der Waals surface area contributed by atoms with Crippen LogP contribution in [0.25, 0.3) is 0 Å². The maximum Gasteiger partial charge on any atom is 0.335 e. The Bertz CT molecular complexity index is 715. The third-order valence-corrected chi connectivity index (χ3v) is 5.85. The molecule has 1 atom stereocenters. The van der Waals surface area contributed by atoms with E-state index in [0.29, 0.717) is 25.1 Å². The van der Waals surface area contributed by atoms with Crippen LogP contribution >= 0.6 is 0 Å². The van der Waals surface area contributed by atoms with Crippen molar-refractivity contribution in [2.45, 2.75) is 12.8 Å². The number of benzene rings is 1. The Morgan fingerprint density at radius 1 is 1.25 bits per heavy atom. The minimum atomic E-state index is -3.53. The van der Waals surface area contributed by atoms with Gasteiger partial charge in [-0.1, -0.05) is 0 Å². The lowest BCUT2D eigenvalue weighted by molar-refractivity contribution is -0.120. The van der Waals surface area contributed by atoms with E-state index >= 15 is 0 Å². The molecule has 1 aliphatic heterocycles. The predicted octanol–water partition coefficient (Wildman–Crippen LogP) is 0.842. The number of carbonyl (C=O) groups is 2. The molecule has 2 rings (SSSR count). The molecule has 9 heteroatoms. The molecule has 8 nitrogen and oxygen atoms in total. The van der Waals surface area contributed by atoms with Crippen LogP contribution in [0.2, 0.25) is 0 Å². The van der Waals surface area contributed by atoms with Gasteiger partial charge >= 0.3 is 5.97 Å². The summed E-state index contributed by atoms with van der Waals surface area (Å²) in [4.78, 5) is 23.2. The number of carbonyl (C=O) groups excluding carboxylic acids is 1. The van der Waals surface area contributed by atoms with Crippen LogP contribution in [0.4, 0.5) is 5.69 Å². The third kappa shape index (κ3) is 4.11. The van der Waals surface area contributed by atoms with Gasteiger partial charge in [0.2, 0.25) is 5.91 Å². The number of nitrogens with one attached hydrogen (secondary N) is 1. The maximum atomic E-state index is 12.4. The first-order valence-corrected chi connectivity index (χ1v) is 8.93. The quantitative estimate of drug-likeness (QED) is 0.814. The molecule has 0 aromatic heterocycles. The molecule has 0 radical (unpaired) electrons. The van der Waals surface area contributed by atoms with Crippen LogP contribution in [-0.2, 0) is 15.0 Å². The number of anilines is 1. The molecule has 1 saturated heterocycles. The fourth-order valence-corrected chi connectivity index (χ4v) is 3.73. The van der Waals surface area contributed by atoms with E-state index in [1.807, 2.05) is 0 Å². The highest BCUT2D eigenvalue weighted by Gasteiger charge is 2.33. The van der Waals surface area contributed by atoms with Crippen molar-refractivity contribution < 1.29 is 23.1 Å². The number of amides is 1. The zero-order chi connectivity index (χ0) is 17.9. The van der Waals surface area contributed by atoms with Gasteiger partial charge in [0, 0.05) is 32.9 Å². The standard InChI is InChI=1S/C15H21N3O5S/c1-17(2)24(22,23)18-9-3-4-12(10-18)14(19)16-13-7-5-11(6-8-13)15(20)21/h5-8,12H,3-4,9-10H2,1-2H3,(H,16,19)(H,20,21)/t12-/m1/s1. The highest BCUT2D eigenvalue weighted by atomic mass is 32.2. The van der Waals surface area contributed by atoms with Crippen LogP contribution in [0, 0.1) is 5.92 Å². The molecule has 1 aromatic carbocycles. The summed E-state index contributed by atoms with van der Waals surface area (Å²) >= 11 is 0. The van der Waals surface area contributed by atoms with E-state index < -0.39 is 22.1 Å².